The van der Waals surface area contributed by atoms with Gasteiger partial charge in [-0.1, -0.05) is 23.7 Å². The zero-order valence-corrected chi connectivity index (χ0v) is 12.3. The summed E-state index contributed by atoms with van der Waals surface area (Å²) in [6.45, 7) is 0. The summed E-state index contributed by atoms with van der Waals surface area (Å²) in [5, 5.41) is 13.1. The van der Waals surface area contributed by atoms with E-state index in [0.29, 0.717) is 5.02 Å². The summed E-state index contributed by atoms with van der Waals surface area (Å²) >= 11 is 8.06. The first-order valence-corrected chi connectivity index (χ1v) is 6.82. The highest BCUT2D eigenvalue weighted by Crippen LogP contribution is 2.21. The summed E-state index contributed by atoms with van der Waals surface area (Å²) in [4.78, 5) is 0. The molecular weight excluding hydrogens is 359 g/mol. The third kappa shape index (κ3) is 3.37. The Morgan fingerprint density at radius 1 is 1.17 bits per heavy atom. The van der Waals surface area contributed by atoms with Gasteiger partial charge in [-0.3, -0.25) is 0 Å². The van der Waals surface area contributed by atoms with Gasteiger partial charge in [0.1, 0.15) is 6.04 Å². The fourth-order valence-electron chi connectivity index (χ4n) is 1.59. The van der Waals surface area contributed by atoms with E-state index in [2.05, 4.69) is 34.0 Å². The first-order valence-electron chi connectivity index (χ1n) is 5.36. The molecular formula is C14H10ClIN2. The minimum Gasteiger partial charge on any atom is -0.366 e. The SMILES string of the molecule is N#CC(Nc1ccc(Cl)cc1)c1cccc(I)c1. The van der Waals surface area contributed by atoms with Crippen LogP contribution < -0.4 is 5.32 Å². The lowest BCUT2D eigenvalue weighted by atomic mass is 10.1. The average Bonchev–Trinajstić information content (AvgIpc) is 2.38. The molecule has 0 saturated heterocycles. The first-order chi connectivity index (χ1) is 8.69. The van der Waals surface area contributed by atoms with Crippen LogP contribution in [0.5, 0.6) is 0 Å². The standard InChI is InChI=1S/C14H10ClIN2/c15-11-4-6-13(7-5-11)18-14(9-17)10-2-1-3-12(16)8-10/h1-8,14,18H. The predicted molar refractivity (Wildman–Crippen MR) is 82.6 cm³/mol. The van der Waals surface area contributed by atoms with Gasteiger partial charge in [-0.15, -0.1) is 0 Å². The summed E-state index contributed by atoms with van der Waals surface area (Å²) in [6.07, 6.45) is 0. The lowest BCUT2D eigenvalue weighted by Crippen LogP contribution is -2.08. The molecule has 90 valence electrons. The number of hydrogen-bond donors (Lipinski definition) is 1. The predicted octanol–water partition coefficient (Wildman–Crippen LogP) is 4.62. The zero-order valence-electron chi connectivity index (χ0n) is 9.40. The highest BCUT2D eigenvalue weighted by molar-refractivity contribution is 14.1. The monoisotopic (exact) mass is 368 g/mol. The van der Waals surface area contributed by atoms with Crippen LogP contribution in [0.4, 0.5) is 5.69 Å². The normalized spacial score (nSPS) is 11.6. The third-order valence-electron chi connectivity index (χ3n) is 2.47. The number of hydrogen-bond acceptors (Lipinski definition) is 2. The summed E-state index contributed by atoms with van der Waals surface area (Å²) in [6, 6.07) is 17.1. The zero-order chi connectivity index (χ0) is 13.0. The number of nitriles is 1. The molecule has 0 radical (unpaired) electrons. The Morgan fingerprint density at radius 3 is 2.50 bits per heavy atom. The van der Waals surface area contributed by atoms with Crippen molar-refractivity contribution in [1.82, 2.24) is 0 Å². The Kier molecular flexibility index (Phi) is 4.45. The van der Waals surface area contributed by atoms with Gasteiger partial charge in [0.05, 0.1) is 6.07 Å². The van der Waals surface area contributed by atoms with Crippen LogP contribution in [0.25, 0.3) is 0 Å². The molecule has 1 N–H and O–H groups in total. The molecule has 0 aromatic heterocycles. The van der Waals surface area contributed by atoms with Crippen LogP contribution in [0, 0.1) is 14.9 Å². The molecule has 0 fully saturated rings. The molecule has 2 nitrogen and oxygen atoms in total. The minimum atomic E-state index is -0.360. The molecule has 1 atom stereocenters. The molecule has 0 amide bonds. The number of nitrogens with zero attached hydrogens (tertiary/aromatic N) is 1. The van der Waals surface area contributed by atoms with E-state index >= 15 is 0 Å². The van der Waals surface area contributed by atoms with Gasteiger partial charge in [0.15, 0.2) is 0 Å². The Morgan fingerprint density at radius 2 is 1.89 bits per heavy atom. The summed E-state index contributed by atoms with van der Waals surface area (Å²) in [7, 11) is 0. The van der Waals surface area contributed by atoms with Crippen molar-refractivity contribution >= 4 is 39.9 Å². The van der Waals surface area contributed by atoms with Crippen molar-refractivity contribution in [2.24, 2.45) is 0 Å². The van der Waals surface area contributed by atoms with Gasteiger partial charge < -0.3 is 5.32 Å². The first kappa shape index (κ1) is 13.2. The van der Waals surface area contributed by atoms with Gasteiger partial charge in [0.2, 0.25) is 0 Å². The average molecular weight is 369 g/mol. The van der Waals surface area contributed by atoms with E-state index in [0.717, 1.165) is 14.8 Å². The van der Waals surface area contributed by atoms with E-state index in [4.69, 9.17) is 11.6 Å². The maximum absolute atomic E-state index is 9.25. The topological polar surface area (TPSA) is 35.8 Å². The van der Waals surface area contributed by atoms with Crippen molar-refractivity contribution in [3.63, 3.8) is 0 Å². The van der Waals surface area contributed by atoms with Gasteiger partial charge in [0, 0.05) is 14.3 Å². The molecule has 2 aromatic carbocycles. The molecule has 4 heteroatoms. The number of nitrogens with one attached hydrogen (secondary N) is 1. The van der Waals surface area contributed by atoms with Crippen molar-refractivity contribution in [3.05, 3.63) is 62.7 Å². The molecule has 2 rings (SSSR count). The van der Waals surface area contributed by atoms with E-state index in [1.807, 2.05) is 36.4 Å². The number of halogens is 2. The van der Waals surface area contributed by atoms with Crippen LogP contribution in [-0.4, -0.2) is 0 Å². The second-order valence-corrected chi connectivity index (χ2v) is 5.45. The Balaban J connectivity index is 2.20. The fourth-order valence-corrected chi connectivity index (χ4v) is 2.28. The second kappa shape index (κ2) is 6.07. The molecule has 0 aliphatic rings. The quantitative estimate of drug-likeness (QED) is 0.802. The van der Waals surface area contributed by atoms with Gasteiger partial charge in [-0.2, -0.15) is 5.26 Å². The molecule has 1 unspecified atom stereocenters. The maximum atomic E-state index is 9.25. The van der Waals surface area contributed by atoms with Gasteiger partial charge in [-0.05, 0) is 64.6 Å². The van der Waals surface area contributed by atoms with E-state index < -0.39 is 0 Å². The highest BCUT2D eigenvalue weighted by Gasteiger charge is 2.10. The number of anilines is 1. The molecule has 2 aromatic rings. The van der Waals surface area contributed by atoms with Crippen LogP contribution >= 0.6 is 34.2 Å². The van der Waals surface area contributed by atoms with Crippen molar-refractivity contribution in [3.8, 4) is 6.07 Å². The number of benzene rings is 2. The second-order valence-electron chi connectivity index (χ2n) is 3.77. The largest absolute Gasteiger partial charge is 0.366 e. The lowest BCUT2D eigenvalue weighted by Gasteiger charge is -2.13. The maximum Gasteiger partial charge on any atom is 0.140 e. The van der Waals surface area contributed by atoms with Gasteiger partial charge in [-0.25, -0.2) is 0 Å². The van der Waals surface area contributed by atoms with Crippen molar-refractivity contribution in [2.45, 2.75) is 6.04 Å². The summed E-state index contributed by atoms with van der Waals surface area (Å²) < 4.78 is 1.11. The Hall–Kier alpha value is -1.25. The van der Waals surface area contributed by atoms with Crippen LogP contribution in [0.15, 0.2) is 48.5 Å². The van der Waals surface area contributed by atoms with Crippen LogP contribution in [-0.2, 0) is 0 Å². The highest BCUT2D eigenvalue weighted by atomic mass is 127. The van der Waals surface area contributed by atoms with Crippen molar-refractivity contribution in [2.75, 3.05) is 5.32 Å². The Labute approximate surface area is 125 Å². The number of rotatable bonds is 3. The molecule has 0 aliphatic heterocycles. The van der Waals surface area contributed by atoms with Crippen molar-refractivity contribution in [1.29, 1.82) is 5.26 Å². The van der Waals surface area contributed by atoms with Crippen LogP contribution in [0.1, 0.15) is 11.6 Å². The molecule has 18 heavy (non-hydrogen) atoms. The molecule has 0 saturated carbocycles. The fraction of sp³-hybridized carbons (Fsp3) is 0.0714. The van der Waals surface area contributed by atoms with E-state index in [1.165, 1.54) is 0 Å². The summed E-state index contributed by atoms with van der Waals surface area (Å²) in [5.74, 6) is 0. The van der Waals surface area contributed by atoms with E-state index in [9.17, 15) is 5.26 Å². The smallest absolute Gasteiger partial charge is 0.140 e. The lowest BCUT2D eigenvalue weighted by molar-refractivity contribution is 0.996. The van der Waals surface area contributed by atoms with Crippen LogP contribution in [0.2, 0.25) is 5.02 Å². The van der Waals surface area contributed by atoms with E-state index in [1.54, 1.807) is 12.1 Å². The van der Waals surface area contributed by atoms with Gasteiger partial charge in [0.25, 0.3) is 0 Å². The minimum absolute atomic E-state index is 0.360. The van der Waals surface area contributed by atoms with Crippen LogP contribution in [0.3, 0.4) is 0 Å². The molecule has 0 spiro atoms. The molecule has 0 aliphatic carbocycles. The van der Waals surface area contributed by atoms with Gasteiger partial charge >= 0.3 is 0 Å². The molecule has 0 heterocycles. The van der Waals surface area contributed by atoms with E-state index in [-0.39, 0.29) is 6.04 Å². The van der Waals surface area contributed by atoms with Crippen molar-refractivity contribution < 1.29 is 0 Å². The Bertz CT molecular complexity index is 575. The third-order valence-corrected chi connectivity index (χ3v) is 3.39. The molecule has 0 bridgehead atoms. The summed E-state index contributed by atoms with van der Waals surface area (Å²) in [5.41, 5.74) is 1.84.